The first-order chi connectivity index (χ1) is 9.88. The van der Waals surface area contributed by atoms with Gasteiger partial charge in [0.25, 0.3) is 5.91 Å². The van der Waals surface area contributed by atoms with E-state index in [1.807, 2.05) is 0 Å². The largest absolute Gasteiger partial charge is 0.397 e. The molecule has 6 heteroatoms. The summed E-state index contributed by atoms with van der Waals surface area (Å²) in [6, 6.07) is 5.92. The Morgan fingerprint density at radius 3 is 2.81 bits per heavy atom. The molecule has 1 unspecified atom stereocenters. The number of nitrogen functional groups attached to an aromatic ring is 1. The fourth-order valence-corrected chi connectivity index (χ4v) is 2.05. The molecule has 2 aromatic rings. The molecule has 2 rings (SSSR count). The number of nitrogens with two attached hydrogens (primary N) is 1. The average molecular weight is 308 g/mol. The molecule has 0 saturated carbocycles. The average Bonchev–Trinajstić information content (AvgIpc) is 2.44. The van der Waals surface area contributed by atoms with Crippen molar-refractivity contribution in [3.8, 4) is 0 Å². The number of nitrogens with zero attached hydrogens (tertiary/aromatic N) is 1. The van der Waals surface area contributed by atoms with E-state index in [1.165, 1.54) is 18.3 Å². The maximum atomic E-state index is 13.6. The van der Waals surface area contributed by atoms with Crippen LogP contribution in [0, 0.1) is 12.7 Å². The second-order valence-corrected chi connectivity index (χ2v) is 5.17. The predicted octanol–water partition coefficient (Wildman–Crippen LogP) is 3.26. The maximum Gasteiger partial charge on any atom is 0.254 e. The highest BCUT2D eigenvalue weighted by molar-refractivity contribution is 6.32. The van der Waals surface area contributed by atoms with Crippen LogP contribution in [0.25, 0.3) is 0 Å². The van der Waals surface area contributed by atoms with E-state index in [2.05, 4.69) is 10.3 Å². The minimum Gasteiger partial charge on any atom is -0.397 e. The molecule has 1 aromatic heterocycles. The molecule has 0 saturated heterocycles. The van der Waals surface area contributed by atoms with Gasteiger partial charge in [0, 0.05) is 0 Å². The summed E-state index contributed by atoms with van der Waals surface area (Å²) in [6.07, 6.45) is 1.37. The van der Waals surface area contributed by atoms with Crippen LogP contribution in [0.15, 0.2) is 30.5 Å². The number of nitrogens with one attached hydrogen (secondary N) is 1. The van der Waals surface area contributed by atoms with Crippen LogP contribution < -0.4 is 11.1 Å². The van der Waals surface area contributed by atoms with Gasteiger partial charge in [0.15, 0.2) is 0 Å². The number of pyridine rings is 1. The van der Waals surface area contributed by atoms with Crippen molar-refractivity contribution in [2.24, 2.45) is 0 Å². The van der Waals surface area contributed by atoms with Gasteiger partial charge in [-0.3, -0.25) is 4.79 Å². The highest BCUT2D eigenvalue weighted by Crippen LogP contribution is 2.19. The summed E-state index contributed by atoms with van der Waals surface area (Å²) in [6.45, 7) is 3.44. The number of hydrogen-bond donors (Lipinski definition) is 2. The normalized spacial score (nSPS) is 12.0. The van der Waals surface area contributed by atoms with E-state index in [0.29, 0.717) is 16.8 Å². The lowest BCUT2D eigenvalue weighted by Crippen LogP contribution is -2.27. The first-order valence-electron chi connectivity index (χ1n) is 6.36. The van der Waals surface area contributed by atoms with E-state index in [4.69, 9.17) is 17.3 Å². The van der Waals surface area contributed by atoms with Gasteiger partial charge < -0.3 is 11.1 Å². The van der Waals surface area contributed by atoms with Crippen LogP contribution in [0.5, 0.6) is 0 Å². The van der Waals surface area contributed by atoms with E-state index in [1.54, 1.807) is 26.0 Å². The van der Waals surface area contributed by atoms with Crippen LogP contribution >= 0.6 is 11.6 Å². The minimum atomic E-state index is -0.409. The van der Waals surface area contributed by atoms with Crippen molar-refractivity contribution >= 4 is 23.2 Å². The molecule has 1 atom stereocenters. The zero-order valence-corrected chi connectivity index (χ0v) is 12.4. The quantitative estimate of drug-likeness (QED) is 0.855. The van der Waals surface area contributed by atoms with Gasteiger partial charge in [-0.1, -0.05) is 23.7 Å². The topological polar surface area (TPSA) is 68.0 Å². The smallest absolute Gasteiger partial charge is 0.254 e. The number of carbonyl (C=O) groups excluding carboxylic acids is 1. The van der Waals surface area contributed by atoms with E-state index in [9.17, 15) is 9.18 Å². The zero-order chi connectivity index (χ0) is 15.6. The number of rotatable bonds is 3. The number of aromatic nitrogens is 1. The van der Waals surface area contributed by atoms with Gasteiger partial charge in [-0.2, -0.15) is 0 Å². The highest BCUT2D eigenvalue weighted by Gasteiger charge is 2.16. The van der Waals surface area contributed by atoms with Crippen LogP contribution in [0.2, 0.25) is 5.15 Å². The van der Waals surface area contributed by atoms with Gasteiger partial charge in [-0.25, -0.2) is 9.37 Å². The van der Waals surface area contributed by atoms with Crippen LogP contribution in [0.3, 0.4) is 0 Å². The van der Waals surface area contributed by atoms with Gasteiger partial charge in [-0.15, -0.1) is 0 Å². The number of amides is 1. The first-order valence-corrected chi connectivity index (χ1v) is 6.74. The summed E-state index contributed by atoms with van der Waals surface area (Å²) < 4.78 is 13.6. The standard InChI is InChI=1S/C15H15ClFN3O/c1-8-3-4-10(5-13(8)17)9(2)20-15(21)12-6-11(18)7-19-14(12)16/h3-7,9H,18H2,1-2H3,(H,20,21). The van der Waals surface area contributed by atoms with Crippen LogP contribution in [0.4, 0.5) is 10.1 Å². The summed E-state index contributed by atoms with van der Waals surface area (Å²) in [5.74, 6) is -0.717. The predicted molar refractivity (Wildman–Crippen MR) is 80.7 cm³/mol. The Balaban J connectivity index is 2.18. The molecule has 0 fully saturated rings. The molecule has 110 valence electrons. The highest BCUT2D eigenvalue weighted by atomic mass is 35.5. The van der Waals surface area contributed by atoms with Crippen molar-refractivity contribution in [3.63, 3.8) is 0 Å². The number of aryl methyl sites for hydroxylation is 1. The third-order valence-corrected chi connectivity index (χ3v) is 3.45. The van der Waals surface area contributed by atoms with Gasteiger partial charge in [0.1, 0.15) is 11.0 Å². The Morgan fingerprint density at radius 2 is 2.14 bits per heavy atom. The molecule has 1 aromatic carbocycles. The Morgan fingerprint density at radius 1 is 1.43 bits per heavy atom. The van der Waals surface area contributed by atoms with Gasteiger partial charge in [0.2, 0.25) is 0 Å². The van der Waals surface area contributed by atoms with Crippen molar-refractivity contribution in [1.82, 2.24) is 10.3 Å². The fourth-order valence-electron chi connectivity index (χ4n) is 1.86. The number of carbonyl (C=O) groups is 1. The lowest BCUT2D eigenvalue weighted by Gasteiger charge is -2.15. The minimum absolute atomic E-state index is 0.0731. The second kappa shape index (κ2) is 6.10. The molecule has 1 heterocycles. The lowest BCUT2D eigenvalue weighted by atomic mass is 10.1. The monoisotopic (exact) mass is 307 g/mol. The molecule has 0 aliphatic heterocycles. The molecule has 0 spiro atoms. The maximum absolute atomic E-state index is 13.6. The van der Waals surface area contributed by atoms with E-state index < -0.39 is 5.91 Å². The Labute approximate surface area is 127 Å². The summed E-state index contributed by atoms with van der Waals surface area (Å²) >= 11 is 5.88. The van der Waals surface area contributed by atoms with Crippen molar-refractivity contribution in [3.05, 3.63) is 58.1 Å². The second-order valence-electron chi connectivity index (χ2n) is 4.81. The molecular weight excluding hydrogens is 293 g/mol. The fraction of sp³-hybridized carbons (Fsp3) is 0.200. The van der Waals surface area contributed by atoms with E-state index in [0.717, 1.165) is 0 Å². The molecule has 0 radical (unpaired) electrons. The molecule has 0 aliphatic rings. The molecule has 0 bridgehead atoms. The molecular formula is C15H15ClFN3O. The number of anilines is 1. The lowest BCUT2D eigenvalue weighted by molar-refractivity contribution is 0.0939. The van der Waals surface area contributed by atoms with Crippen molar-refractivity contribution in [2.75, 3.05) is 5.73 Å². The first kappa shape index (κ1) is 15.3. The van der Waals surface area contributed by atoms with Crippen molar-refractivity contribution < 1.29 is 9.18 Å². The Kier molecular flexibility index (Phi) is 4.43. The van der Waals surface area contributed by atoms with E-state index in [-0.39, 0.29) is 22.6 Å². The Hall–Kier alpha value is -2.14. The number of benzene rings is 1. The molecule has 1 amide bonds. The Bertz CT molecular complexity index is 691. The summed E-state index contributed by atoms with van der Waals surface area (Å²) in [4.78, 5) is 16.0. The summed E-state index contributed by atoms with van der Waals surface area (Å²) in [7, 11) is 0. The third kappa shape index (κ3) is 3.49. The van der Waals surface area contributed by atoms with Crippen LogP contribution in [0.1, 0.15) is 34.5 Å². The van der Waals surface area contributed by atoms with Gasteiger partial charge >= 0.3 is 0 Å². The van der Waals surface area contributed by atoms with E-state index >= 15 is 0 Å². The van der Waals surface area contributed by atoms with Crippen LogP contribution in [-0.2, 0) is 0 Å². The number of hydrogen-bond acceptors (Lipinski definition) is 3. The third-order valence-electron chi connectivity index (χ3n) is 3.15. The van der Waals surface area contributed by atoms with Gasteiger partial charge in [0.05, 0.1) is 23.5 Å². The molecule has 3 N–H and O–H groups in total. The molecule has 21 heavy (non-hydrogen) atoms. The van der Waals surface area contributed by atoms with Crippen molar-refractivity contribution in [2.45, 2.75) is 19.9 Å². The van der Waals surface area contributed by atoms with Crippen molar-refractivity contribution in [1.29, 1.82) is 0 Å². The molecule has 4 nitrogen and oxygen atoms in total. The van der Waals surface area contributed by atoms with Gasteiger partial charge in [-0.05, 0) is 37.1 Å². The van der Waals surface area contributed by atoms with Crippen LogP contribution in [-0.4, -0.2) is 10.9 Å². The summed E-state index contributed by atoms with van der Waals surface area (Å²) in [5, 5.41) is 2.81. The zero-order valence-electron chi connectivity index (χ0n) is 11.7. The SMILES string of the molecule is Cc1ccc(C(C)NC(=O)c2cc(N)cnc2Cl)cc1F. The summed E-state index contributed by atoms with van der Waals surface area (Å²) in [5.41, 5.74) is 7.35. The molecule has 0 aliphatic carbocycles. The number of halogens is 2.